The zero-order chi connectivity index (χ0) is 14.2. The van der Waals surface area contributed by atoms with Gasteiger partial charge in [-0.05, 0) is 6.42 Å². The van der Waals surface area contributed by atoms with Crippen molar-refractivity contribution in [2.75, 3.05) is 0 Å². The Labute approximate surface area is 110 Å². The van der Waals surface area contributed by atoms with Gasteiger partial charge in [0.15, 0.2) is 5.78 Å². The summed E-state index contributed by atoms with van der Waals surface area (Å²) >= 11 is 0. The van der Waals surface area contributed by atoms with E-state index in [1.807, 2.05) is 0 Å². The summed E-state index contributed by atoms with van der Waals surface area (Å²) in [4.78, 5) is 34.2. The molecule has 1 aliphatic carbocycles. The van der Waals surface area contributed by atoms with Crippen LogP contribution in [-0.4, -0.2) is 22.2 Å². The van der Waals surface area contributed by atoms with Crippen LogP contribution in [0.15, 0.2) is 18.2 Å². The number of benzene rings is 1. The number of nitrogens with one attached hydrogen (secondary N) is 1. The summed E-state index contributed by atoms with van der Waals surface area (Å²) in [5.41, 5.74) is -0.357. The molecule has 1 aromatic carbocycles. The topological polar surface area (TPSA) is 89.3 Å². The van der Waals surface area contributed by atoms with Gasteiger partial charge >= 0.3 is 0 Å². The summed E-state index contributed by atoms with van der Waals surface area (Å²) in [5, 5.41) is 13.7. The minimum Gasteiger partial charge on any atom is -0.343 e. The molecule has 0 heterocycles. The molecule has 1 amide bonds. The molecule has 1 aliphatic rings. The van der Waals surface area contributed by atoms with E-state index in [4.69, 9.17) is 0 Å². The van der Waals surface area contributed by atoms with Crippen LogP contribution in [0.25, 0.3) is 0 Å². The van der Waals surface area contributed by atoms with E-state index in [1.165, 1.54) is 19.1 Å². The van der Waals surface area contributed by atoms with Crippen LogP contribution in [0.4, 0.5) is 5.69 Å². The number of Topliss-reactive ketones (excluding diaryl/α,β-unsaturated/α-hetero) is 1. The van der Waals surface area contributed by atoms with Gasteiger partial charge in [-0.3, -0.25) is 19.7 Å². The number of fused-ring (bicyclic) bond motifs is 1. The van der Waals surface area contributed by atoms with E-state index < -0.39 is 10.5 Å². The van der Waals surface area contributed by atoms with Crippen molar-refractivity contribution in [1.29, 1.82) is 0 Å². The molecule has 0 saturated carbocycles. The molecule has 0 fully saturated rings. The highest BCUT2D eigenvalue weighted by Gasteiger charge is 2.47. The molecule has 0 aromatic heterocycles. The lowest BCUT2D eigenvalue weighted by Gasteiger charge is -2.26. The molecule has 0 saturated heterocycles. The van der Waals surface area contributed by atoms with Gasteiger partial charge in [-0.2, -0.15) is 0 Å². The maximum absolute atomic E-state index is 12.4. The van der Waals surface area contributed by atoms with Crippen LogP contribution in [0, 0.1) is 10.1 Å². The quantitative estimate of drug-likeness (QED) is 0.662. The summed E-state index contributed by atoms with van der Waals surface area (Å²) in [6.45, 7) is 3.12. The van der Waals surface area contributed by atoms with Crippen LogP contribution in [0.1, 0.15) is 36.2 Å². The Bertz CT molecular complexity index is 582. The lowest BCUT2D eigenvalue weighted by atomic mass is 9.91. The van der Waals surface area contributed by atoms with Crippen molar-refractivity contribution in [2.45, 2.75) is 32.2 Å². The van der Waals surface area contributed by atoms with Gasteiger partial charge in [-0.25, -0.2) is 0 Å². The van der Waals surface area contributed by atoms with Crippen molar-refractivity contribution in [1.82, 2.24) is 5.32 Å². The first-order chi connectivity index (χ1) is 8.91. The Morgan fingerprint density at radius 2 is 2.21 bits per heavy atom. The molecule has 1 aromatic rings. The first-order valence-electron chi connectivity index (χ1n) is 6.01. The zero-order valence-corrected chi connectivity index (χ0v) is 10.7. The van der Waals surface area contributed by atoms with E-state index in [9.17, 15) is 19.7 Å². The smallest absolute Gasteiger partial charge is 0.273 e. The highest BCUT2D eigenvalue weighted by molar-refractivity contribution is 6.10. The van der Waals surface area contributed by atoms with Crippen LogP contribution in [0.2, 0.25) is 0 Å². The Kier molecular flexibility index (Phi) is 3.09. The molecule has 1 unspecified atom stereocenters. The molecular weight excluding hydrogens is 248 g/mol. The second-order valence-corrected chi connectivity index (χ2v) is 4.68. The molecular formula is C13H14N2O4. The number of nitrogens with zero attached hydrogens (tertiary/aromatic N) is 1. The Hall–Kier alpha value is -2.24. The highest BCUT2D eigenvalue weighted by atomic mass is 16.6. The molecule has 1 N–H and O–H groups in total. The molecule has 1 atom stereocenters. The predicted molar refractivity (Wildman–Crippen MR) is 68.0 cm³/mol. The number of nitro benzene ring substituents is 1. The fourth-order valence-corrected chi connectivity index (χ4v) is 2.60. The fourth-order valence-electron chi connectivity index (χ4n) is 2.60. The van der Waals surface area contributed by atoms with Crippen molar-refractivity contribution < 1.29 is 14.5 Å². The second-order valence-electron chi connectivity index (χ2n) is 4.68. The van der Waals surface area contributed by atoms with Gasteiger partial charge in [0.25, 0.3) is 5.69 Å². The average Bonchev–Trinajstić information content (AvgIpc) is 2.62. The molecule has 0 aliphatic heterocycles. The van der Waals surface area contributed by atoms with Gasteiger partial charge in [0.2, 0.25) is 5.91 Å². The number of hydrogen-bond donors (Lipinski definition) is 1. The van der Waals surface area contributed by atoms with Crippen LogP contribution < -0.4 is 5.32 Å². The van der Waals surface area contributed by atoms with E-state index in [2.05, 4.69) is 5.32 Å². The van der Waals surface area contributed by atoms with Gasteiger partial charge in [0.1, 0.15) is 5.54 Å². The first-order valence-corrected chi connectivity index (χ1v) is 6.01. The SMILES string of the molecule is CCC1(NC(C)=O)Cc2c(cccc2[N+](=O)[O-])C1=O. The van der Waals surface area contributed by atoms with E-state index in [0.29, 0.717) is 17.5 Å². The van der Waals surface area contributed by atoms with Gasteiger partial charge < -0.3 is 5.32 Å². The molecule has 19 heavy (non-hydrogen) atoms. The van der Waals surface area contributed by atoms with Crippen molar-refractivity contribution in [2.24, 2.45) is 0 Å². The summed E-state index contributed by atoms with van der Waals surface area (Å²) in [6, 6.07) is 4.45. The zero-order valence-electron chi connectivity index (χ0n) is 10.7. The Balaban J connectivity index is 2.54. The molecule has 6 nitrogen and oxygen atoms in total. The lowest BCUT2D eigenvalue weighted by Crippen LogP contribution is -2.52. The lowest BCUT2D eigenvalue weighted by molar-refractivity contribution is -0.385. The number of amides is 1. The standard InChI is InChI=1S/C13H14N2O4/c1-3-13(14-8(2)16)7-10-9(12(13)17)5-4-6-11(10)15(18)19/h4-6H,3,7H2,1-2H3,(H,14,16). The van der Waals surface area contributed by atoms with Crippen LogP contribution in [0.3, 0.4) is 0 Å². The number of carbonyl (C=O) groups is 2. The largest absolute Gasteiger partial charge is 0.343 e. The molecule has 6 heteroatoms. The molecule has 100 valence electrons. The predicted octanol–water partition coefficient (Wildman–Crippen LogP) is 1.62. The second kappa shape index (κ2) is 4.46. The maximum Gasteiger partial charge on any atom is 0.273 e. The molecule has 2 rings (SSSR count). The normalized spacial score (nSPS) is 21.1. The monoisotopic (exact) mass is 262 g/mol. The summed E-state index contributed by atoms with van der Waals surface area (Å²) in [6.07, 6.45) is 0.575. The molecule has 0 bridgehead atoms. The van der Waals surface area contributed by atoms with Crippen molar-refractivity contribution in [3.63, 3.8) is 0 Å². The number of carbonyl (C=O) groups excluding carboxylic acids is 2. The molecule has 0 spiro atoms. The van der Waals surface area contributed by atoms with Gasteiger partial charge in [-0.1, -0.05) is 19.1 Å². The molecule has 0 radical (unpaired) electrons. The van der Waals surface area contributed by atoms with Crippen molar-refractivity contribution >= 4 is 17.4 Å². The van der Waals surface area contributed by atoms with Crippen molar-refractivity contribution in [3.05, 3.63) is 39.4 Å². The Morgan fingerprint density at radius 1 is 1.53 bits per heavy atom. The van der Waals surface area contributed by atoms with Crippen molar-refractivity contribution in [3.8, 4) is 0 Å². The van der Waals surface area contributed by atoms with E-state index in [0.717, 1.165) is 0 Å². The third kappa shape index (κ3) is 1.99. The van der Waals surface area contributed by atoms with E-state index in [1.54, 1.807) is 13.0 Å². The highest BCUT2D eigenvalue weighted by Crippen LogP contribution is 2.37. The number of nitro groups is 1. The maximum atomic E-state index is 12.4. The minimum atomic E-state index is -1.04. The van der Waals surface area contributed by atoms with Gasteiger partial charge in [0.05, 0.1) is 4.92 Å². The fraction of sp³-hybridized carbons (Fsp3) is 0.385. The number of ketones is 1. The van der Waals surface area contributed by atoms with Crippen LogP contribution in [-0.2, 0) is 11.2 Å². The Morgan fingerprint density at radius 3 is 2.74 bits per heavy atom. The number of rotatable bonds is 3. The average molecular weight is 262 g/mol. The van der Waals surface area contributed by atoms with Crippen LogP contribution in [0.5, 0.6) is 0 Å². The number of hydrogen-bond acceptors (Lipinski definition) is 4. The minimum absolute atomic E-state index is 0.0634. The van der Waals surface area contributed by atoms with Crippen LogP contribution >= 0.6 is 0 Å². The third-order valence-corrected chi connectivity index (χ3v) is 3.52. The van der Waals surface area contributed by atoms with E-state index >= 15 is 0 Å². The third-order valence-electron chi connectivity index (χ3n) is 3.52. The first kappa shape index (κ1) is 13.2. The summed E-state index contributed by atoms with van der Waals surface area (Å²) < 4.78 is 0. The summed E-state index contributed by atoms with van der Waals surface area (Å²) in [5.74, 6) is -0.561. The van der Waals surface area contributed by atoms with Gasteiger partial charge in [0, 0.05) is 30.5 Å². The van der Waals surface area contributed by atoms with Gasteiger partial charge in [-0.15, -0.1) is 0 Å². The summed E-state index contributed by atoms with van der Waals surface area (Å²) in [7, 11) is 0. The van der Waals surface area contributed by atoms with E-state index in [-0.39, 0.29) is 23.8 Å².